The maximum absolute atomic E-state index is 13.6. The summed E-state index contributed by atoms with van der Waals surface area (Å²) < 4.78 is 0. The predicted octanol–water partition coefficient (Wildman–Crippen LogP) is -0.495. The number of likely N-dealkylation sites (N-methyl/N-ethyl adjacent to an activating group) is 1. The second kappa shape index (κ2) is 7.52. The number of halogens is 1. The highest BCUT2D eigenvalue weighted by molar-refractivity contribution is 6.30. The Morgan fingerprint density at radius 1 is 1.27 bits per heavy atom. The zero-order valence-electron chi connectivity index (χ0n) is 17.7. The van der Waals surface area contributed by atoms with Crippen LogP contribution in [0, 0.1) is 11.8 Å². The van der Waals surface area contributed by atoms with Gasteiger partial charge in [0.2, 0.25) is 5.78 Å². The van der Waals surface area contributed by atoms with E-state index in [9.17, 15) is 39.9 Å². The lowest BCUT2D eigenvalue weighted by molar-refractivity contribution is -0.153. The van der Waals surface area contributed by atoms with Gasteiger partial charge in [-0.25, -0.2) is 4.98 Å². The number of ketones is 2. The number of nitrogens with zero attached hydrogens (tertiary/aromatic N) is 2. The monoisotopic (exact) mass is 479 g/mol. The van der Waals surface area contributed by atoms with Gasteiger partial charge in [-0.05, 0) is 32.9 Å². The molecule has 3 aliphatic rings. The van der Waals surface area contributed by atoms with Crippen LogP contribution in [0.3, 0.4) is 0 Å². The molecule has 0 radical (unpaired) electrons. The molecule has 1 amide bonds. The molecule has 11 nitrogen and oxygen atoms in total. The van der Waals surface area contributed by atoms with E-state index in [0.29, 0.717) is 0 Å². The molecule has 0 unspecified atom stereocenters. The summed E-state index contributed by atoms with van der Waals surface area (Å²) in [4.78, 5) is 43.9. The third kappa shape index (κ3) is 2.93. The summed E-state index contributed by atoms with van der Waals surface area (Å²) in [6.45, 7) is -0.692. The van der Waals surface area contributed by atoms with Crippen molar-refractivity contribution >= 4 is 34.8 Å². The van der Waals surface area contributed by atoms with Gasteiger partial charge in [0.05, 0.1) is 18.2 Å². The first-order chi connectivity index (χ1) is 15.4. The van der Waals surface area contributed by atoms with Crippen molar-refractivity contribution in [1.82, 2.24) is 9.88 Å². The summed E-state index contributed by atoms with van der Waals surface area (Å²) in [5.74, 6) is -7.60. The standard InChI is InChI=1S/C21H22ClN3O8/c1-25(2)13-8-4-6-3-7-11(14(27)9(5-26)24-19(7)22)15(28)10(6)17(30)21(8,33)18(31)12(16(13)29)20(23)32/h6,8,13,26-28,31,33H,3-5H2,1-2H3,(H2,23,32)/t6-,8-,13-,21-/m0/s1. The van der Waals surface area contributed by atoms with Crippen LogP contribution < -0.4 is 5.73 Å². The smallest absolute Gasteiger partial charge is 0.255 e. The Kier molecular flexibility index (Phi) is 5.28. The van der Waals surface area contributed by atoms with Gasteiger partial charge in [0, 0.05) is 17.1 Å². The van der Waals surface area contributed by atoms with Crippen molar-refractivity contribution in [3.8, 4) is 5.75 Å². The minimum absolute atomic E-state index is 0.0274. The Morgan fingerprint density at radius 2 is 1.91 bits per heavy atom. The predicted molar refractivity (Wildman–Crippen MR) is 113 cm³/mol. The molecule has 1 aromatic rings. The molecule has 3 aliphatic carbocycles. The lowest BCUT2D eigenvalue weighted by Gasteiger charge is -2.50. The Hall–Kier alpha value is -2.99. The summed E-state index contributed by atoms with van der Waals surface area (Å²) in [5, 5.41) is 53.1. The second-order valence-electron chi connectivity index (χ2n) is 8.67. The molecule has 4 rings (SSSR count). The van der Waals surface area contributed by atoms with Crippen molar-refractivity contribution in [2.24, 2.45) is 17.6 Å². The van der Waals surface area contributed by atoms with E-state index in [2.05, 4.69) is 4.98 Å². The van der Waals surface area contributed by atoms with E-state index in [1.54, 1.807) is 0 Å². The molecule has 12 heteroatoms. The van der Waals surface area contributed by atoms with Crippen molar-refractivity contribution in [3.05, 3.63) is 38.9 Å². The van der Waals surface area contributed by atoms with Gasteiger partial charge in [-0.15, -0.1) is 0 Å². The highest BCUT2D eigenvalue weighted by atomic mass is 35.5. The number of hydrogen-bond acceptors (Lipinski definition) is 10. The first kappa shape index (κ1) is 23.2. The van der Waals surface area contributed by atoms with Gasteiger partial charge < -0.3 is 31.3 Å². The molecule has 1 aromatic heterocycles. The molecule has 7 N–H and O–H groups in total. The molecule has 0 bridgehead atoms. The van der Waals surface area contributed by atoms with Crippen LogP contribution in [-0.2, 0) is 27.4 Å². The van der Waals surface area contributed by atoms with Crippen LogP contribution in [0.4, 0.5) is 0 Å². The number of carbonyl (C=O) groups is 3. The molecular weight excluding hydrogens is 458 g/mol. The first-order valence-electron chi connectivity index (χ1n) is 10.0. The average molecular weight is 480 g/mol. The number of aliphatic hydroxyl groups excluding tert-OH is 3. The number of aromatic hydroxyl groups is 1. The summed E-state index contributed by atoms with van der Waals surface area (Å²) >= 11 is 6.21. The number of primary amides is 1. The van der Waals surface area contributed by atoms with Gasteiger partial charge in [0.1, 0.15) is 27.9 Å². The van der Waals surface area contributed by atoms with Gasteiger partial charge in [0.25, 0.3) is 5.91 Å². The molecular formula is C21H22ClN3O8. The largest absolute Gasteiger partial charge is 0.508 e. The van der Waals surface area contributed by atoms with E-state index >= 15 is 0 Å². The molecule has 0 aliphatic heterocycles. The van der Waals surface area contributed by atoms with Crippen LogP contribution in [0.15, 0.2) is 16.9 Å². The highest BCUT2D eigenvalue weighted by Crippen LogP contribution is 2.53. The molecule has 1 fully saturated rings. The fraction of sp³-hybridized carbons (Fsp3) is 0.429. The highest BCUT2D eigenvalue weighted by Gasteiger charge is 2.64. The Labute approximate surface area is 192 Å². The molecule has 0 aromatic carbocycles. The van der Waals surface area contributed by atoms with Crippen molar-refractivity contribution in [2.45, 2.75) is 31.1 Å². The van der Waals surface area contributed by atoms with Crippen molar-refractivity contribution in [3.63, 3.8) is 0 Å². The van der Waals surface area contributed by atoms with Gasteiger partial charge >= 0.3 is 0 Å². The summed E-state index contributed by atoms with van der Waals surface area (Å²) in [7, 11) is 3.03. The number of nitrogens with two attached hydrogens (primary N) is 1. The topological polar surface area (TPSA) is 195 Å². The number of hydrogen-bond donors (Lipinski definition) is 6. The first-order valence-corrected chi connectivity index (χ1v) is 10.4. The number of aromatic nitrogens is 1. The summed E-state index contributed by atoms with van der Waals surface area (Å²) in [6.07, 6.45) is -0.0236. The van der Waals surface area contributed by atoms with Crippen LogP contribution in [0.1, 0.15) is 23.2 Å². The van der Waals surface area contributed by atoms with Gasteiger partial charge in [-0.1, -0.05) is 11.6 Å². The van der Waals surface area contributed by atoms with Crippen LogP contribution >= 0.6 is 11.6 Å². The minimum atomic E-state index is -2.71. The lowest BCUT2D eigenvalue weighted by Crippen LogP contribution is -2.65. The summed E-state index contributed by atoms with van der Waals surface area (Å²) in [6, 6.07) is -1.17. The Morgan fingerprint density at radius 3 is 2.45 bits per heavy atom. The normalized spacial score (nSPS) is 29.2. The van der Waals surface area contributed by atoms with Gasteiger partial charge in [0.15, 0.2) is 17.1 Å². The van der Waals surface area contributed by atoms with E-state index in [1.807, 2.05) is 0 Å². The van der Waals surface area contributed by atoms with Crippen molar-refractivity contribution < 1.29 is 39.9 Å². The third-order valence-corrected chi connectivity index (χ3v) is 7.07. The Balaban J connectivity index is 2.00. The summed E-state index contributed by atoms with van der Waals surface area (Å²) in [5.41, 5.74) is 1.17. The Bertz CT molecular complexity index is 1190. The quantitative estimate of drug-likeness (QED) is 0.243. The number of fused-ring (bicyclic) bond motifs is 3. The molecule has 176 valence electrons. The van der Waals surface area contributed by atoms with E-state index in [-0.39, 0.29) is 40.4 Å². The maximum Gasteiger partial charge on any atom is 0.255 e. The fourth-order valence-corrected chi connectivity index (χ4v) is 5.59. The van der Waals surface area contributed by atoms with Crippen LogP contribution in [0.2, 0.25) is 5.15 Å². The number of rotatable bonds is 3. The maximum atomic E-state index is 13.6. The third-order valence-electron chi connectivity index (χ3n) is 6.76. The minimum Gasteiger partial charge on any atom is -0.508 e. The molecule has 0 spiro atoms. The fourth-order valence-electron chi connectivity index (χ4n) is 5.31. The van der Waals surface area contributed by atoms with Crippen LogP contribution in [-0.4, -0.2) is 78.6 Å². The molecule has 4 atom stereocenters. The van der Waals surface area contributed by atoms with Crippen LogP contribution in [0.5, 0.6) is 5.75 Å². The molecule has 0 saturated heterocycles. The zero-order valence-corrected chi connectivity index (χ0v) is 18.4. The van der Waals surface area contributed by atoms with E-state index < -0.39 is 70.4 Å². The number of Topliss-reactive ketones (excluding diaryl/α,β-unsaturated/α-hetero) is 2. The van der Waals surface area contributed by atoms with E-state index in [1.165, 1.54) is 19.0 Å². The number of aliphatic hydroxyl groups is 4. The van der Waals surface area contributed by atoms with E-state index in [4.69, 9.17) is 17.3 Å². The molecule has 33 heavy (non-hydrogen) atoms. The number of amides is 1. The molecule has 1 saturated carbocycles. The second-order valence-corrected chi connectivity index (χ2v) is 9.03. The lowest BCUT2D eigenvalue weighted by atomic mass is 9.57. The zero-order chi connectivity index (χ0) is 24.6. The number of carbonyl (C=O) groups excluding carboxylic acids is 3. The van der Waals surface area contributed by atoms with Crippen LogP contribution in [0.25, 0.3) is 5.76 Å². The number of pyridine rings is 1. The SMILES string of the molecule is CN(C)[C@@H]1C(=O)C(C(N)=O)=C(O)[C@@]2(O)C(=O)C3=C(O)c4c(O)c(CO)nc(Cl)c4C[C@H]3C[C@@H]12. The van der Waals surface area contributed by atoms with Crippen molar-refractivity contribution in [2.75, 3.05) is 14.1 Å². The van der Waals surface area contributed by atoms with Crippen molar-refractivity contribution in [1.29, 1.82) is 0 Å². The average Bonchev–Trinajstić information content (AvgIpc) is 2.72. The van der Waals surface area contributed by atoms with E-state index in [0.717, 1.165) is 0 Å². The van der Waals surface area contributed by atoms with Gasteiger partial charge in [-0.2, -0.15) is 0 Å². The van der Waals surface area contributed by atoms with Gasteiger partial charge in [-0.3, -0.25) is 19.3 Å². The molecule has 1 heterocycles.